The van der Waals surface area contributed by atoms with Crippen molar-refractivity contribution in [2.45, 2.75) is 0 Å². The van der Waals surface area contributed by atoms with E-state index < -0.39 is 0 Å². The smallest absolute Gasteiger partial charge is 0 e. The molecule has 0 saturated heterocycles. The van der Waals surface area contributed by atoms with Crippen molar-refractivity contribution in [1.82, 2.24) is 0 Å². The summed E-state index contributed by atoms with van der Waals surface area (Å²) < 4.78 is 0. The molecule has 2 rings (SSSR count). The molecule has 0 aliphatic heterocycles. The van der Waals surface area contributed by atoms with Crippen LogP contribution in [0.3, 0.4) is 0 Å². The molecule has 2 aromatic rings. The molecule has 0 bridgehead atoms. The van der Waals surface area contributed by atoms with Crippen molar-refractivity contribution in [2.24, 2.45) is 0 Å². The number of benzene rings is 1. The summed E-state index contributed by atoms with van der Waals surface area (Å²) in [6.07, 6.45) is 0. The van der Waals surface area contributed by atoms with Gasteiger partial charge in [0.05, 0.1) is 0 Å². The van der Waals surface area contributed by atoms with Crippen LogP contribution in [-0.2, 0) is 18.6 Å². The summed E-state index contributed by atoms with van der Waals surface area (Å²) in [5.41, 5.74) is 0. The summed E-state index contributed by atoms with van der Waals surface area (Å²) in [5.74, 6) is 0. The van der Waals surface area contributed by atoms with Crippen molar-refractivity contribution in [2.75, 3.05) is 0 Å². The van der Waals surface area contributed by atoms with E-state index in [1.807, 2.05) is 0 Å². The number of fused-ring (bicyclic) bond motifs is 1. The van der Waals surface area contributed by atoms with Gasteiger partial charge in [0, 0.05) is 18.6 Å². The Kier molecular flexibility index (Phi) is 2.26. The van der Waals surface area contributed by atoms with Gasteiger partial charge in [-0.05, 0) is 0 Å². The molecule has 1 radical (unpaired) electrons. The van der Waals surface area contributed by atoms with E-state index in [9.17, 15) is 0 Å². The van der Waals surface area contributed by atoms with Crippen LogP contribution in [0, 0.1) is 0 Å². The molecule has 0 fully saturated rings. The van der Waals surface area contributed by atoms with Crippen LogP contribution in [0.5, 0.6) is 0 Å². The molecular formula is C9H7V-. The van der Waals surface area contributed by atoms with Gasteiger partial charge in [-0.2, -0.15) is 17.5 Å². The summed E-state index contributed by atoms with van der Waals surface area (Å²) in [7, 11) is 0. The molecule has 0 unspecified atom stereocenters. The maximum Gasteiger partial charge on any atom is 0 e. The first-order valence-corrected chi connectivity index (χ1v) is 3.07. The van der Waals surface area contributed by atoms with Crippen LogP contribution in [0.2, 0.25) is 0 Å². The van der Waals surface area contributed by atoms with E-state index in [0.717, 1.165) is 0 Å². The second-order valence-corrected chi connectivity index (χ2v) is 2.15. The van der Waals surface area contributed by atoms with Crippen LogP contribution in [0.1, 0.15) is 0 Å². The first-order chi connectivity index (χ1) is 4.47. The van der Waals surface area contributed by atoms with Crippen LogP contribution in [-0.4, -0.2) is 0 Å². The Morgan fingerprint density at radius 3 is 2.60 bits per heavy atom. The summed E-state index contributed by atoms with van der Waals surface area (Å²) in [6.45, 7) is 0. The predicted octanol–water partition coefficient (Wildman–Crippen LogP) is 2.56. The molecule has 0 aliphatic rings. The third kappa shape index (κ3) is 1.13. The van der Waals surface area contributed by atoms with Crippen molar-refractivity contribution in [1.29, 1.82) is 0 Å². The fourth-order valence-electron chi connectivity index (χ4n) is 1.07. The first-order valence-electron chi connectivity index (χ1n) is 3.07. The van der Waals surface area contributed by atoms with E-state index >= 15 is 0 Å². The second kappa shape index (κ2) is 3.00. The Hall–Kier alpha value is -0.586. The van der Waals surface area contributed by atoms with Crippen LogP contribution in [0.25, 0.3) is 10.8 Å². The molecule has 0 N–H and O–H groups in total. The van der Waals surface area contributed by atoms with Gasteiger partial charge in [-0.3, -0.25) is 0 Å². The molecule has 10 heavy (non-hydrogen) atoms. The Bertz CT molecular complexity index is 279. The van der Waals surface area contributed by atoms with Gasteiger partial charge in [0.2, 0.25) is 0 Å². The fraction of sp³-hybridized carbons (Fsp3) is 0. The molecule has 0 spiro atoms. The van der Waals surface area contributed by atoms with E-state index in [4.69, 9.17) is 0 Å². The third-order valence-electron chi connectivity index (χ3n) is 1.55. The number of hydrogen-bond donors (Lipinski definition) is 0. The minimum atomic E-state index is 0. The van der Waals surface area contributed by atoms with E-state index in [1.165, 1.54) is 10.8 Å². The zero-order valence-electron chi connectivity index (χ0n) is 5.49. The average molecular weight is 166 g/mol. The van der Waals surface area contributed by atoms with Crippen molar-refractivity contribution >= 4 is 10.8 Å². The average Bonchev–Trinajstić information content (AvgIpc) is 2.33. The van der Waals surface area contributed by atoms with Crippen molar-refractivity contribution in [3.05, 3.63) is 42.5 Å². The summed E-state index contributed by atoms with van der Waals surface area (Å²) in [6, 6.07) is 14.7. The zero-order chi connectivity index (χ0) is 6.10. The van der Waals surface area contributed by atoms with Gasteiger partial charge in [-0.25, -0.2) is 0 Å². The maximum absolute atomic E-state index is 2.12. The quantitative estimate of drug-likeness (QED) is 0.527. The molecule has 0 aliphatic carbocycles. The Balaban J connectivity index is 0.000000500. The molecule has 1 heteroatoms. The van der Waals surface area contributed by atoms with Gasteiger partial charge < -0.3 is 0 Å². The van der Waals surface area contributed by atoms with Gasteiger partial charge in [0.1, 0.15) is 0 Å². The van der Waals surface area contributed by atoms with Gasteiger partial charge >= 0.3 is 0 Å². The molecule has 0 saturated carbocycles. The van der Waals surface area contributed by atoms with Gasteiger partial charge in [0.15, 0.2) is 0 Å². The molecular weight excluding hydrogens is 159 g/mol. The van der Waals surface area contributed by atoms with Crippen LogP contribution in [0.15, 0.2) is 42.5 Å². The molecule has 0 atom stereocenters. The van der Waals surface area contributed by atoms with E-state index in [0.29, 0.717) is 0 Å². The number of rotatable bonds is 0. The maximum atomic E-state index is 2.12. The van der Waals surface area contributed by atoms with Crippen molar-refractivity contribution in [3.8, 4) is 0 Å². The second-order valence-electron chi connectivity index (χ2n) is 2.15. The standard InChI is InChI=1S/C9H7.V/c1-2-5-9-7-3-6-8(9)4-1;/h1-7H;/q-1;. The predicted molar refractivity (Wildman–Crippen MR) is 39.5 cm³/mol. The third-order valence-corrected chi connectivity index (χ3v) is 1.55. The monoisotopic (exact) mass is 166 g/mol. The molecule has 0 aromatic heterocycles. The van der Waals surface area contributed by atoms with E-state index in [-0.39, 0.29) is 18.6 Å². The molecule has 0 heterocycles. The zero-order valence-corrected chi connectivity index (χ0v) is 6.89. The minimum Gasteiger partial charge on any atom is -0.168 e. The summed E-state index contributed by atoms with van der Waals surface area (Å²) in [5, 5.41) is 2.66. The molecule has 49 valence electrons. The molecule has 0 amide bonds. The van der Waals surface area contributed by atoms with E-state index in [2.05, 4.69) is 42.5 Å². The largest absolute Gasteiger partial charge is 0.168 e. The van der Waals surface area contributed by atoms with Gasteiger partial charge in [0.25, 0.3) is 0 Å². The van der Waals surface area contributed by atoms with Crippen LogP contribution in [0.4, 0.5) is 0 Å². The van der Waals surface area contributed by atoms with Gasteiger partial charge in [-0.1, -0.05) is 6.07 Å². The number of hydrogen-bond acceptors (Lipinski definition) is 0. The Morgan fingerprint density at radius 2 is 1.80 bits per heavy atom. The summed E-state index contributed by atoms with van der Waals surface area (Å²) in [4.78, 5) is 0. The summed E-state index contributed by atoms with van der Waals surface area (Å²) >= 11 is 0. The SMILES string of the molecule is [V].c1ccc2[cH-]ccc2c1. The van der Waals surface area contributed by atoms with Crippen molar-refractivity contribution in [3.63, 3.8) is 0 Å². The van der Waals surface area contributed by atoms with Crippen molar-refractivity contribution < 1.29 is 18.6 Å². The minimum absolute atomic E-state index is 0. The van der Waals surface area contributed by atoms with Crippen LogP contribution >= 0.6 is 0 Å². The normalized spacial score (nSPS) is 9.20. The van der Waals surface area contributed by atoms with E-state index in [1.54, 1.807) is 0 Å². The molecule has 0 nitrogen and oxygen atoms in total. The van der Waals surface area contributed by atoms with Gasteiger partial charge in [-0.15, -0.1) is 29.7 Å². The topological polar surface area (TPSA) is 0 Å². The molecule has 2 aromatic carbocycles. The first kappa shape index (κ1) is 7.52. The van der Waals surface area contributed by atoms with Crippen LogP contribution < -0.4 is 0 Å². The Morgan fingerprint density at radius 1 is 1.00 bits per heavy atom. The fourth-order valence-corrected chi connectivity index (χ4v) is 1.07. The Labute approximate surface area is 72.1 Å².